The highest BCUT2D eigenvalue weighted by Gasteiger charge is 2.22. The first-order chi connectivity index (χ1) is 11.5. The smallest absolute Gasteiger partial charge is 0.339 e. The lowest BCUT2D eigenvalue weighted by molar-refractivity contribution is 0.0525. The van der Waals surface area contributed by atoms with Crippen LogP contribution in [0.5, 0.6) is 0 Å². The first-order valence-corrected chi connectivity index (χ1v) is 7.86. The van der Waals surface area contributed by atoms with Crippen molar-refractivity contribution in [3.05, 3.63) is 41.6 Å². The summed E-state index contributed by atoms with van der Waals surface area (Å²) >= 11 is 4.77. The van der Waals surface area contributed by atoms with E-state index in [1.165, 1.54) is 0 Å². The number of nitrogens with one attached hydrogen (secondary N) is 1. The van der Waals surface area contributed by atoms with Gasteiger partial charge < -0.3 is 15.5 Å². The summed E-state index contributed by atoms with van der Waals surface area (Å²) in [4.78, 5) is 15.4. The van der Waals surface area contributed by atoms with Crippen LogP contribution in [0.2, 0.25) is 0 Å². The molecule has 0 unspecified atom stereocenters. The number of H-pyrrole nitrogens is 1. The number of thiocarbonyl (C=S) groups is 1. The number of fused-ring (bicyclic) bond motifs is 3. The molecular weight excluding hydrogens is 324 g/mol. The summed E-state index contributed by atoms with van der Waals surface area (Å²) in [5, 5.41) is 9.84. The van der Waals surface area contributed by atoms with Crippen molar-refractivity contribution in [3.8, 4) is 11.3 Å². The Hall–Kier alpha value is -2.80. The van der Waals surface area contributed by atoms with E-state index in [1.807, 2.05) is 31.2 Å². The van der Waals surface area contributed by atoms with Crippen LogP contribution in [0.15, 0.2) is 40.6 Å². The maximum Gasteiger partial charge on any atom is 0.339 e. The molecule has 0 atom stereocenters. The first kappa shape index (κ1) is 16.1. The number of aromatic nitrogens is 1. The predicted molar refractivity (Wildman–Crippen MR) is 96.9 cm³/mol. The molecule has 24 heavy (non-hydrogen) atoms. The maximum absolute atomic E-state index is 12.2. The van der Waals surface area contributed by atoms with Crippen LogP contribution < -0.4 is 5.73 Å². The zero-order valence-electron chi connectivity index (χ0n) is 13.3. The van der Waals surface area contributed by atoms with Gasteiger partial charge in [0.2, 0.25) is 5.11 Å². The average Bonchev–Trinajstić information content (AvgIpc) is 2.85. The summed E-state index contributed by atoms with van der Waals surface area (Å²) in [6.07, 6.45) is 0. The molecule has 0 spiro atoms. The van der Waals surface area contributed by atoms with Gasteiger partial charge >= 0.3 is 5.97 Å². The number of esters is 1. The summed E-state index contributed by atoms with van der Waals surface area (Å²) in [7, 11) is 0. The quantitative estimate of drug-likeness (QED) is 0.427. The monoisotopic (exact) mass is 340 g/mol. The van der Waals surface area contributed by atoms with E-state index in [0.29, 0.717) is 17.9 Å². The van der Waals surface area contributed by atoms with E-state index in [9.17, 15) is 4.79 Å². The highest BCUT2D eigenvalue weighted by atomic mass is 32.1. The summed E-state index contributed by atoms with van der Waals surface area (Å²) < 4.78 is 5.12. The largest absolute Gasteiger partial charge is 0.462 e. The Bertz CT molecular complexity index is 945. The van der Waals surface area contributed by atoms with Crippen LogP contribution in [0.3, 0.4) is 0 Å². The van der Waals surface area contributed by atoms with Crippen molar-refractivity contribution >= 4 is 39.8 Å². The third kappa shape index (κ3) is 2.74. The van der Waals surface area contributed by atoms with Gasteiger partial charge in [-0.05, 0) is 32.1 Å². The predicted octanol–water partition coefficient (Wildman–Crippen LogP) is 4.09. The molecule has 3 rings (SSSR count). The average molecular weight is 340 g/mol. The number of rotatable bonds is 3. The highest BCUT2D eigenvalue weighted by molar-refractivity contribution is 7.80. The Morgan fingerprint density at radius 2 is 2.04 bits per heavy atom. The molecule has 1 aromatic rings. The van der Waals surface area contributed by atoms with E-state index in [-0.39, 0.29) is 11.1 Å². The summed E-state index contributed by atoms with van der Waals surface area (Å²) in [6.45, 7) is 3.92. The fourth-order valence-corrected chi connectivity index (χ4v) is 2.77. The van der Waals surface area contributed by atoms with E-state index in [4.69, 9.17) is 22.7 Å². The normalized spacial score (nSPS) is 11.4. The molecule has 1 heterocycles. The Kier molecular flexibility index (Phi) is 4.26. The zero-order chi connectivity index (χ0) is 17.3. The van der Waals surface area contributed by atoms with Crippen LogP contribution in [0, 0.1) is 6.92 Å². The van der Waals surface area contributed by atoms with Crippen LogP contribution in [0.4, 0.5) is 5.69 Å². The van der Waals surface area contributed by atoms with E-state index in [2.05, 4.69) is 15.2 Å². The van der Waals surface area contributed by atoms with Crippen molar-refractivity contribution in [2.75, 3.05) is 6.61 Å². The molecule has 7 heteroatoms. The second kappa shape index (κ2) is 6.37. The lowest BCUT2D eigenvalue weighted by Crippen LogP contribution is -2.08. The number of hydrogen-bond donors (Lipinski definition) is 2. The standard InChI is InChI=1S/C17H16N4O2S/c1-3-23-16(22)12-8-13-14(19-9(12)2)10-6-4-5-7-11(10)15(13)20-21-17(18)24/h4-8,19H,3H2,1-2H3,(H2,18,24). The van der Waals surface area contributed by atoms with Crippen molar-refractivity contribution in [1.29, 1.82) is 0 Å². The molecule has 0 bridgehead atoms. The number of ether oxygens (including phenoxy) is 1. The van der Waals surface area contributed by atoms with Crippen molar-refractivity contribution in [2.24, 2.45) is 16.0 Å². The number of pyridine rings is 1. The van der Waals surface area contributed by atoms with Gasteiger partial charge in [0.25, 0.3) is 0 Å². The summed E-state index contributed by atoms with van der Waals surface area (Å²) in [5.74, 6) is -0.379. The second-order valence-electron chi connectivity index (χ2n) is 5.25. The Morgan fingerprint density at radius 1 is 1.33 bits per heavy atom. The van der Waals surface area contributed by atoms with Gasteiger partial charge in [0.05, 0.1) is 17.9 Å². The number of nitrogens with zero attached hydrogens (tertiary/aromatic N) is 2. The number of aromatic amines is 1. The van der Waals surface area contributed by atoms with Crippen molar-refractivity contribution in [2.45, 2.75) is 13.8 Å². The molecule has 0 radical (unpaired) electrons. The van der Waals surface area contributed by atoms with Gasteiger partial charge in [0.1, 0.15) is 5.69 Å². The van der Waals surface area contributed by atoms with Crippen molar-refractivity contribution < 1.29 is 9.53 Å². The Labute approximate surface area is 144 Å². The van der Waals surface area contributed by atoms with Gasteiger partial charge in [-0.1, -0.05) is 24.3 Å². The van der Waals surface area contributed by atoms with Crippen LogP contribution in [0.1, 0.15) is 23.0 Å². The van der Waals surface area contributed by atoms with Crippen LogP contribution in [-0.4, -0.2) is 22.7 Å². The Morgan fingerprint density at radius 3 is 2.71 bits per heavy atom. The molecule has 122 valence electrons. The lowest BCUT2D eigenvalue weighted by Gasteiger charge is -2.10. The van der Waals surface area contributed by atoms with Crippen molar-refractivity contribution in [1.82, 2.24) is 4.98 Å². The van der Waals surface area contributed by atoms with Crippen LogP contribution >= 0.6 is 12.2 Å². The number of nitrogens with two attached hydrogens (primary N) is 1. The minimum atomic E-state index is -0.379. The van der Waals surface area contributed by atoms with Gasteiger partial charge in [-0.3, -0.25) is 0 Å². The number of aryl methyl sites for hydroxylation is 1. The van der Waals surface area contributed by atoms with Gasteiger partial charge in [0.15, 0.2) is 0 Å². The lowest BCUT2D eigenvalue weighted by atomic mass is 10.1. The van der Waals surface area contributed by atoms with Crippen LogP contribution in [-0.2, 0) is 4.74 Å². The van der Waals surface area contributed by atoms with E-state index >= 15 is 0 Å². The topological polar surface area (TPSA) is 92.8 Å². The molecule has 0 aromatic heterocycles. The minimum Gasteiger partial charge on any atom is -0.462 e. The number of azo groups is 1. The third-order valence-corrected chi connectivity index (χ3v) is 3.81. The number of carbonyl (C=O) groups is 1. The van der Waals surface area contributed by atoms with E-state index in [1.54, 1.807) is 13.0 Å². The van der Waals surface area contributed by atoms with E-state index in [0.717, 1.165) is 27.7 Å². The number of hydrogen-bond acceptors (Lipinski definition) is 4. The second-order valence-corrected chi connectivity index (χ2v) is 5.67. The molecule has 1 aliphatic heterocycles. The molecule has 0 amide bonds. The molecule has 0 saturated heterocycles. The highest BCUT2D eigenvalue weighted by Crippen LogP contribution is 2.44. The summed E-state index contributed by atoms with van der Waals surface area (Å²) in [6, 6.07) is 9.56. The molecule has 1 aromatic carbocycles. The summed E-state index contributed by atoms with van der Waals surface area (Å²) in [5.41, 5.74) is 8.89. The van der Waals surface area contributed by atoms with Crippen LogP contribution in [0.25, 0.3) is 22.0 Å². The Balaban J connectivity index is 2.32. The molecular formula is C17H16N4O2S. The van der Waals surface area contributed by atoms with Gasteiger partial charge in [-0.2, -0.15) is 0 Å². The number of benzene rings is 1. The SMILES string of the molecule is CCOC(=O)c1cc2c(N=NC(N)=S)c3ccccc3c-2[nH]c1C. The third-order valence-electron chi connectivity index (χ3n) is 3.73. The molecule has 3 N–H and O–H groups in total. The molecule has 6 nitrogen and oxygen atoms in total. The van der Waals surface area contributed by atoms with E-state index < -0.39 is 0 Å². The van der Waals surface area contributed by atoms with Gasteiger partial charge in [0, 0.05) is 22.0 Å². The maximum atomic E-state index is 12.2. The fourth-order valence-electron chi connectivity index (χ4n) is 2.73. The number of carbonyl (C=O) groups excluding carboxylic acids is 1. The minimum absolute atomic E-state index is 0.0462. The van der Waals surface area contributed by atoms with Gasteiger partial charge in [-0.25, -0.2) is 4.79 Å². The zero-order valence-corrected chi connectivity index (χ0v) is 14.1. The fraction of sp³-hybridized carbons (Fsp3) is 0.176. The van der Waals surface area contributed by atoms with Gasteiger partial charge in [-0.15, -0.1) is 10.2 Å². The first-order valence-electron chi connectivity index (χ1n) is 7.45. The molecule has 1 aliphatic carbocycles. The van der Waals surface area contributed by atoms with Crippen molar-refractivity contribution in [3.63, 3.8) is 0 Å². The molecule has 0 saturated carbocycles. The molecule has 2 aliphatic rings. The molecule has 0 fully saturated rings.